The third-order valence-electron chi connectivity index (χ3n) is 4.15. The summed E-state index contributed by atoms with van der Waals surface area (Å²) in [5, 5.41) is 2.93. The molecule has 0 bridgehead atoms. The van der Waals surface area contributed by atoms with E-state index in [0.717, 1.165) is 28.8 Å². The minimum atomic E-state index is -0.179. The van der Waals surface area contributed by atoms with E-state index in [1.54, 1.807) is 25.3 Å². The van der Waals surface area contributed by atoms with Crippen molar-refractivity contribution in [2.45, 2.75) is 19.9 Å². The van der Waals surface area contributed by atoms with Crippen LogP contribution in [0.2, 0.25) is 0 Å². The van der Waals surface area contributed by atoms with Gasteiger partial charge < -0.3 is 25.5 Å². The van der Waals surface area contributed by atoms with Gasteiger partial charge in [-0.2, -0.15) is 0 Å². The molecule has 27 heavy (non-hydrogen) atoms. The molecule has 3 aromatic rings. The molecule has 142 valence electrons. The van der Waals surface area contributed by atoms with Crippen molar-refractivity contribution in [3.63, 3.8) is 0 Å². The van der Waals surface area contributed by atoms with E-state index in [4.69, 9.17) is 15.2 Å². The summed E-state index contributed by atoms with van der Waals surface area (Å²) < 4.78 is 11.0. The molecule has 1 aromatic heterocycles. The molecule has 2 aromatic carbocycles. The monoisotopic (exact) mass is 368 g/mol. The van der Waals surface area contributed by atoms with Gasteiger partial charge in [0, 0.05) is 12.1 Å². The van der Waals surface area contributed by atoms with E-state index in [9.17, 15) is 4.79 Å². The Bertz CT molecular complexity index is 936. The number of fused-ring (bicyclic) bond motifs is 1. The number of methoxy groups -OCH3 is 1. The van der Waals surface area contributed by atoms with Gasteiger partial charge in [0.05, 0.1) is 24.8 Å². The van der Waals surface area contributed by atoms with E-state index in [1.807, 2.05) is 25.1 Å². The van der Waals surface area contributed by atoms with Crippen molar-refractivity contribution in [3.05, 3.63) is 53.3 Å². The van der Waals surface area contributed by atoms with Crippen LogP contribution in [0.5, 0.6) is 11.5 Å². The topological polar surface area (TPSA) is 102 Å². The average Bonchev–Trinajstić information content (AvgIpc) is 3.05. The largest absolute Gasteiger partial charge is 0.493 e. The molecule has 1 heterocycles. The van der Waals surface area contributed by atoms with Gasteiger partial charge in [-0.1, -0.05) is 6.07 Å². The zero-order valence-electron chi connectivity index (χ0n) is 15.5. The SMILES string of the molecule is COc1ccc(C(=O)NCc2ccc3nc(C)[nH]c3c2)cc1OCCCN. The van der Waals surface area contributed by atoms with Crippen LogP contribution in [0.25, 0.3) is 11.0 Å². The number of imidazole rings is 1. The molecule has 0 atom stereocenters. The standard InChI is InChI=1S/C20H24N4O3/c1-13-23-16-6-4-14(10-17(16)24-13)12-22-20(25)15-5-7-18(26-2)19(11-15)27-9-3-8-21/h4-7,10-11H,3,8-9,12,21H2,1-2H3,(H,22,25)(H,23,24). The molecule has 0 aliphatic carbocycles. The quantitative estimate of drug-likeness (QED) is 0.530. The predicted octanol–water partition coefficient (Wildman–Crippen LogP) is 2.54. The molecule has 0 fully saturated rings. The molecule has 0 saturated carbocycles. The van der Waals surface area contributed by atoms with Crippen LogP contribution in [0.15, 0.2) is 36.4 Å². The molecular formula is C20H24N4O3. The first kappa shape index (κ1) is 18.7. The molecule has 3 rings (SSSR count). The molecule has 7 heteroatoms. The number of hydrogen-bond acceptors (Lipinski definition) is 5. The van der Waals surface area contributed by atoms with E-state index in [1.165, 1.54) is 0 Å². The van der Waals surface area contributed by atoms with Crippen LogP contribution < -0.4 is 20.5 Å². The summed E-state index contributed by atoms with van der Waals surface area (Å²) in [7, 11) is 1.57. The van der Waals surface area contributed by atoms with Gasteiger partial charge in [0.1, 0.15) is 5.82 Å². The van der Waals surface area contributed by atoms with Crippen LogP contribution in [-0.2, 0) is 6.54 Å². The Morgan fingerprint density at radius 2 is 2.07 bits per heavy atom. The summed E-state index contributed by atoms with van der Waals surface area (Å²) in [5.41, 5.74) is 8.87. The van der Waals surface area contributed by atoms with Crippen molar-refractivity contribution >= 4 is 16.9 Å². The van der Waals surface area contributed by atoms with Crippen LogP contribution >= 0.6 is 0 Å². The number of nitrogens with one attached hydrogen (secondary N) is 2. The first-order chi connectivity index (χ1) is 13.1. The lowest BCUT2D eigenvalue weighted by Crippen LogP contribution is -2.22. The Labute approximate surface area is 157 Å². The minimum Gasteiger partial charge on any atom is -0.493 e. The van der Waals surface area contributed by atoms with Crippen molar-refractivity contribution in [2.24, 2.45) is 5.73 Å². The van der Waals surface area contributed by atoms with Gasteiger partial charge >= 0.3 is 0 Å². The molecule has 0 aliphatic rings. The predicted molar refractivity (Wildman–Crippen MR) is 104 cm³/mol. The van der Waals surface area contributed by atoms with Gasteiger partial charge in [-0.15, -0.1) is 0 Å². The van der Waals surface area contributed by atoms with Crippen molar-refractivity contribution in [1.29, 1.82) is 0 Å². The summed E-state index contributed by atoms with van der Waals surface area (Å²) in [6, 6.07) is 11.0. The van der Waals surface area contributed by atoms with Crippen molar-refractivity contribution in [3.8, 4) is 11.5 Å². The van der Waals surface area contributed by atoms with Gasteiger partial charge in [-0.3, -0.25) is 4.79 Å². The third kappa shape index (κ3) is 4.57. The van der Waals surface area contributed by atoms with E-state index in [-0.39, 0.29) is 5.91 Å². The Balaban J connectivity index is 1.68. The smallest absolute Gasteiger partial charge is 0.251 e. The average molecular weight is 368 g/mol. The van der Waals surface area contributed by atoms with Crippen molar-refractivity contribution < 1.29 is 14.3 Å². The maximum absolute atomic E-state index is 12.5. The number of aromatic nitrogens is 2. The molecule has 0 spiro atoms. The van der Waals surface area contributed by atoms with Gasteiger partial charge in [0.25, 0.3) is 5.91 Å². The molecule has 0 saturated heterocycles. The molecule has 1 amide bonds. The number of aromatic amines is 1. The number of benzene rings is 2. The fourth-order valence-electron chi connectivity index (χ4n) is 2.77. The lowest BCUT2D eigenvalue weighted by molar-refractivity contribution is 0.0950. The Morgan fingerprint density at radius 3 is 2.85 bits per heavy atom. The van der Waals surface area contributed by atoms with Crippen molar-refractivity contribution in [1.82, 2.24) is 15.3 Å². The highest BCUT2D eigenvalue weighted by Gasteiger charge is 2.11. The summed E-state index contributed by atoms with van der Waals surface area (Å²) in [6.45, 7) is 3.35. The second kappa shape index (κ2) is 8.55. The first-order valence-electron chi connectivity index (χ1n) is 8.85. The van der Waals surface area contributed by atoms with Crippen LogP contribution in [-0.4, -0.2) is 36.1 Å². The van der Waals surface area contributed by atoms with Crippen LogP contribution in [0.4, 0.5) is 0 Å². The normalized spacial score (nSPS) is 10.8. The summed E-state index contributed by atoms with van der Waals surface area (Å²) in [4.78, 5) is 20.1. The number of nitrogens with two attached hydrogens (primary N) is 1. The van der Waals surface area contributed by atoms with E-state index in [2.05, 4.69) is 15.3 Å². The number of aryl methyl sites for hydroxylation is 1. The second-order valence-electron chi connectivity index (χ2n) is 6.21. The number of carbonyl (C=O) groups is 1. The second-order valence-corrected chi connectivity index (χ2v) is 6.21. The Kier molecular flexibility index (Phi) is 5.93. The minimum absolute atomic E-state index is 0.179. The summed E-state index contributed by atoms with van der Waals surface area (Å²) in [6.07, 6.45) is 0.731. The molecule has 0 unspecified atom stereocenters. The highest BCUT2D eigenvalue weighted by Crippen LogP contribution is 2.28. The maximum Gasteiger partial charge on any atom is 0.251 e. The van der Waals surface area contributed by atoms with Crippen LogP contribution in [0.1, 0.15) is 28.2 Å². The molecule has 4 N–H and O–H groups in total. The van der Waals surface area contributed by atoms with Gasteiger partial charge in [-0.05, 0) is 55.8 Å². The first-order valence-corrected chi connectivity index (χ1v) is 8.85. The number of hydrogen-bond donors (Lipinski definition) is 3. The number of H-pyrrole nitrogens is 1. The highest BCUT2D eigenvalue weighted by molar-refractivity contribution is 5.94. The van der Waals surface area contributed by atoms with Crippen molar-refractivity contribution in [2.75, 3.05) is 20.3 Å². The third-order valence-corrected chi connectivity index (χ3v) is 4.15. The van der Waals surface area contributed by atoms with Crippen LogP contribution in [0.3, 0.4) is 0 Å². The molecular weight excluding hydrogens is 344 g/mol. The summed E-state index contributed by atoms with van der Waals surface area (Å²) in [5.74, 6) is 1.81. The zero-order valence-corrected chi connectivity index (χ0v) is 15.5. The number of carbonyl (C=O) groups excluding carboxylic acids is 1. The van der Waals surface area contributed by atoms with Gasteiger partial charge in [-0.25, -0.2) is 4.98 Å². The number of amides is 1. The number of ether oxygens (including phenoxy) is 2. The Hall–Kier alpha value is -3.06. The number of nitrogens with zero attached hydrogens (tertiary/aromatic N) is 1. The van der Waals surface area contributed by atoms with Gasteiger partial charge in [0.2, 0.25) is 0 Å². The lowest BCUT2D eigenvalue weighted by Gasteiger charge is -2.12. The molecule has 0 radical (unpaired) electrons. The van der Waals surface area contributed by atoms with Gasteiger partial charge in [0.15, 0.2) is 11.5 Å². The maximum atomic E-state index is 12.5. The van der Waals surface area contributed by atoms with E-state index < -0.39 is 0 Å². The molecule has 7 nitrogen and oxygen atoms in total. The van der Waals surface area contributed by atoms with E-state index in [0.29, 0.717) is 36.8 Å². The fourth-order valence-corrected chi connectivity index (χ4v) is 2.77. The highest BCUT2D eigenvalue weighted by atomic mass is 16.5. The molecule has 0 aliphatic heterocycles. The zero-order chi connectivity index (χ0) is 19.2. The van der Waals surface area contributed by atoms with Crippen LogP contribution in [0, 0.1) is 6.92 Å². The fraction of sp³-hybridized carbons (Fsp3) is 0.300. The number of rotatable bonds is 8. The lowest BCUT2D eigenvalue weighted by atomic mass is 10.1. The Morgan fingerprint density at radius 1 is 1.22 bits per heavy atom. The van der Waals surface area contributed by atoms with E-state index >= 15 is 0 Å². The summed E-state index contributed by atoms with van der Waals surface area (Å²) >= 11 is 0.